The second kappa shape index (κ2) is 7.22. The lowest BCUT2D eigenvalue weighted by molar-refractivity contribution is -0.192. The van der Waals surface area contributed by atoms with Crippen molar-refractivity contribution >= 4 is 5.97 Å². The fourth-order valence-corrected chi connectivity index (χ4v) is 3.61. The summed E-state index contributed by atoms with van der Waals surface area (Å²) >= 11 is 0. The molecule has 146 valence electrons. The molecule has 1 aromatic heterocycles. The molecule has 6 nitrogen and oxygen atoms in total. The second-order valence-corrected chi connectivity index (χ2v) is 6.75. The number of carboxylic acid groups (broad SMARTS) is 1. The maximum absolute atomic E-state index is 10.6. The lowest BCUT2D eigenvalue weighted by Gasteiger charge is -2.20. The van der Waals surface area contributed by atoms with Gasteiger partial charge in [-0.05, 0) is 25.1 Å². The number of nitrogens with one attached hydrogen (secondary N) is 1. The Morgan fingerprint density at radius 3 is 2.67 bits per heavy atom. The number of benzene rings is 1. The molecule has 0 saturated carbocycles. The van der Waals surface area contributed by atoms with Gasteiger partial charge in [-0.1, -0.05) is 12.1 Å². The van der Waals surface area contributed by atoms with Crippen LogP contribution in [0, 0.1) is 5.41 Å². The Bertz CT molecular complexity index is 827. The number of fused-ring (bicyclic) bond motifs is 1. The van der Waals surface area contributed by atoms with Gasteiger partial charge in [0.2, 0.25) is 0 Å². The van der Waals surface area contributed by atoms with E-state index in [-0.39, 0.29) is 0 Å². The average Bonchev–Trinajstić information content (AvgIpc) is 3.31. The summed E-state index contributed by atoms with van der Waals surface area (Å²) in [5.74, 6) is -0.622. The molecule has 0 amide bonds. The Balaban J connectivity index is 0.000000260. The van der Waals surface area contributed by atoms with Crippen LogP contribution < -0.4 is 10.1 Å². The molecule has 27 heavy (non-hydrogen) atoms. The number of carboxylic acids is 1. The van der Waals surface area contributed by atoms with Crippen LogP contribution >= 0.6 is 0 Å². The summed E-state index contributed by atoms with van der Waals surface area (Å²) in [4.78, 5) is 13.5. The van der Waals surface area contributed by atoms with Gasteiger partial charge in [-0.25, -0.2) is 9.78 Å². The van der Waals surface area contributed by atoms with E-state index in [1.807, 2.05) is 18.3 Å². The molecule has 2 aromatic rings. The first kappa shape index (κ1) is 19.2. The van der Waals surface area contributed by atoms with Crippen LogP contribution in [0.25, 0.3) is 11.3 Å². The van der Waals surface area contributed by atoms with E-state index < -0.39 is 12.1 Å². The van der Waals surface area contributed by atoms with Crippen LogP contribution in [0.3, 0.4) is 0 Å². The predicted molar refractivity (Wildman–Crippen MR) is 91.5 cm³/mol. The quantitative estimate of drug-likeness (QED) is 0.834. The number of methoxy groups -OCH3 is 1. The zero-order valence-electron chi connectivity index (χ0n) is 14.7. The van der Waals surface area contributed by atoms with Crippen molar-refractivity contribution in [1.29, 1.82) is 0 Å². The molecule has 1 atom stereocenters. The molecule has 0 aliphatic carbocycles. The molecule has 9 heteroatoms. The van der Waals surface area contributed by atoms with E-state index in [2.05, 4.69) is 27.0 Å². The van der Waals surface area contributed by atoms with Crippen LogP contribution in [0.15, 0.2) is 30.5 Å². The van der Waals surface area contributed by atoms with Gasteiger partial charge in [-0.3, -0.25) is 0 Å². The normalized spacial score (nSPS) is 20.9. The van der Waals surface area contributed by atoms with Gasteiger partial charge in [0.25, 0.3) is 0 Å². The molecule has 2 aliphatic rings. The summed E-state index contributed by atoms with van der Waals surface area (Å²) in [7, 11) is 1.72. The lowest BCUT2D eigenvalue weighted by atomic mass is 9.86. The number of aromatic nitrogens is 2. The van der Waals surface area contributed by atoms with Crippen LogP contribution in [0.4, 0.5) is 13.2 Å². The minimum Gasteiger partial charge on any atom is -0.496 e. The molecule has 1 spiro atoms. The Hall–Kier alpha value is -2.55. The Labute approximate surface area is 154 Å². The van der Waals surface area contributed by atoms with E-state index in [9.17, 15) is 13.2 Å². The van der Waals surface area contributed by atoms with Crippen LogP contribution in [0.2, 0.25) is 0 Å². The highest BCUT2D eigenvalue weighted by atomic mass is 19.4. The topological polar surface area (TPSA) is 76.4 Å². The van der Waals surface area contributed by atoms with Gasteiger partial charge in [0, 0.05) is 30.5 Å². The van der Waals surface area contributed by atoms with Gasteiger partial charge >= 0.3 is 12.1 Å². The minimum atomic E-state index is -5.08. The summed E-state index contributed by atoms with van der Waals surface area (Å²) in [5.41, 5.74) is 2.71. The third-order valence-electron chi connectivity index (χ3n) is 4.92. The van der Waals surface area contributed by atoms with Gasteiger partial charge in [-0.2, -0.15) is 13.2 Å². The van der Waals surface area contributed by atoms with Crippen LogP contribution in [-0.4, -0.2) is 47.0 Å². The molecule has 1 aromatic carbocycles. The molecule has 4 rings (SSSR count). The largest absolute Gasteiger partial charge is 0.496 e. The zero-order chi connectivity index (χ0) is 19.7. The molecule has 2 aliphatic heterocycles. The minimum absolute atomic E-state index is 0.389. The molecular formula is C18H20F3N3O3. The average molecular weight is 383 g/mol. The van der Waals surface area contributed by atoms with E-state index in [1.54, 1.807) is 7.11 Å². The first-order valence-electron chi connectivity index (χ1n) is 8.44. The van der Waals surface area contributed by atoms with Crippen molar-refractivity contribution in [1.82, 2.24) is 14.9 Å². The summed E-state index contributed by atoms with van der Waals surface area (Å²) in [6, 6.07) is 8.18. The first-order valence-corrected chi connectivity index (χ1v) is 8.44. The Morgan fingerprint density at radius 1 is 1.37 bits per heavy atom. The van der Waals surface area contributed by atoms with Crippen molar-refractivity contribution in [2.75, 3.05) is 20.2 Å². The van der Waals surface area contributed by atoms with Crippen molar-refractivity contribution in [2.24, 2.45) is 5.41 Å². The highest BCUT2D eigenvalue weighted by Crippen LogP contribution is 2.41. The van der Waals surface area contributed by atoms with Crippen molar-refractivity contribution in [2.45, 2.75) is 25.6 Å². The number of para-hydroxylation sites is 1. The van der Waals surface area contributed by atoms with E-state index >= 15 is 0 Å². The first-order chi connectivity index (χ1) is 12.8. The van der Waals surface area contributed by atoms with Gasteiger partial charge in [0.1, 0.15) is 11.6 Å². The number of imidazole rings is 1. The molecule has 0 bridgehead atoms. The number of halogens is 3. The van der Waals surface area contributed by atoms with Gasteiger partial charge in [0.15, 0.2) is 0 Å². The summed E-state index contributed by atoms with van der Waals surface area (Å²) < 4.78 is 39.6. The van der Waals surface area contributed by atoms with Crippen LogP contribution in [0.5, 0.6) is 5.75 Å². The van der Waals surface area contributed by atoms with Crippen molar-refractivity contribution in [3.8, 4) is 17.0 Å². The van der Waals surface area contributed by atoms with E-state index in [1.165, 1.54) is 17.9 Å². The molecule has 1 saturated heterocycles. The molecule has 3 heterocycles. The van der Waals surface area contributed by atoms with Gasteiger partial charge in [0.05, 0.1) is 19.0 Å². The monoisotopic (exact) mass is 383 g/mol. The number of hydrogen-bond acceptors (Lipinski definition) is 4. The molecule has 1 unspecified atom stereocenters. The second-order valence-electron chi connectivity index (χ2n) is 6.75. The number of nitrogens with zero attached hydrogens (tertiary/aromatic N) is 2. The van der Waals surface area contributed by atoms with Gasteiger partial charge < -0.3 is 19.7 Å². The third-order valence-corrected chi connectivity index (χ3v) is 4.92. The number of hydrogen-bond donors (Lipinski definition) is 2. The standard InChI is InChI=1S/C16H19N3O.C2HF3O2/c1-20-14-5-3-2-4-12(14)13-9-18-15-8-16(11-19(13)15)6-7-17-10-16;3-2(4,5)1(6)7/h2-5,9,17H,6-8,10-11H2,1H3;(H,6,7). The van der Waals surface area contributed by atoms with E-state index in [0.29, 0.717) is 5.41 Å². The maximum atomic E-state index is 10.6. The smallest absolute Gasteiger partial charge is 0.490 e. The fraction of sp³-hybridized carbons (Fsp3) is 0.444. The molecule has 0 radical (unpaired) electrons. The SMILES string of the molecule is COc1ccccc1-c1cnc2n1CC1(CCNC1)C2.O=C(O)C(F)(F)F. The predicted octanol–water partition coefficient (Wildman–Crippen LogP) is 2.73. The Morgan fingerprint density at radius 2 is 2.07 bits per heavy atom. The van der Waals surface area contributed by atoms with Crippen LogP contribution in [-0.2, 0) is 17.8 Å². The number of carbonyl (C=O) groups is 1. The fourth-order valence-electron chi connectivity index (χ4n) is 3.61. The van der Waals surface area contributed by atoms with Crippen molar-refractivity contribution < 1.29 is 27.8 Å². The zero-order valence-corrected chi connectivity index (χ0v) is 14.7. The Kier molecular flexibility index (Phi) is 5.14. The molecule has 2 N–H and O–H groups in total. The van der Waals surface area contributed by atoms with Crippen LogP contribution in [0.1, 0.15) is 12.2 Å². The number of rotatable bonds is 2. The van der Waals surface area contributed by atoms with E-state index in [4.69, 9.17) is 14.6 Å². The van der Waals surface area contributed by atoms with Crippen molar-refractivity contribution in [3.63, 3.8) is 0 Å². The highest BCUT2D eigenvalue weighted by molar-refractivity contribution is 5.73. The van der Waals surface area contributed by atoms with Gasteiger partial charge in [-0.15, -0.1) is 0 Å². The number of ether oxygens (including phenoxy) is 1. The van der Waals surface area contributed by atoms with Crippen molar-refractivity contribution in [3.05, 3.63) is 36.3 Å². The number of alkyl halides is 3. The molecular weight excluding hydrogens is 363 g/mol. The highest BCUT2D eigenvalue weighted by Gasteiger charge is 2.41. The third kappa shape index (κ3) is 3.92. The number of aliphatic carboxylic acids is 1. The summed E-state index contributed by atoms with van der Waals surface area (Å²) in [6.45, 7) is 3.32. The lowest BCUT2D eigenvalue weighted by Crippen LogP contribution is -2.25. The maximum Gasteiger partial charge on any atom is 0.490 e. The molecule has 1 fully saturated rings. The summed E-state index contributed by atoms with van der Waals surface area (Å²) in [6.07, 6.45) is -0.751. The summed E-state index contributed by atoms with van der Waals surface area (Å²) in [5, 5.41) is 10.6. The van der Waals surface area contributed by atoms with E-state index in [0.717, 1.165) is 37.4 Å².